The van der Waals surface area contributed by atoms with E-state index < -0.39 is 0 Å². The summed E-state index contributed by atoms with van der Waals surface area (Å²) >= 11 is 0. The monoisotopic (exact) mass is 401 g/mol. The lowest BCUT2D eigenvalue weighted by atomic mass is 10.3. The van der Waals surface area contributed by atoms with Crippen molar-refractivity contribution in [2.45, 2.75) is 13.5 Å². The van der Waals surface area contributed by atoms with E-state index in [-0.39, 0.29) is 24.0 Å². The van der Waals surface area contributed by atoms with Gasteiger partial charge in [-0.05, 0) is 19.1 Å². The molecule has 0 unspecified atom stereocenters. The molecule has 6 nitrogen and oxygen atoms in total. The lowest BCUT2D eigenvalue weighted by Crippen LogP contribution is -2.23. The first kappa shape index (κ1) is 17.3. The summed E-state index contributed by atoms with van der Waals surface area (Å²) in [7, 11) is 1.63. The number of halogens is 1. The average Bonchev–Trinajstić information content (AvgIpc) is 2.85. The molecule has 21 heavy (non-hydrogen) atoms. The van der Waals surface area contributed by atoms with Crippen LogP contribution < -0.4 is 15.8 Å². The summed E-state index contributed by atoms with van der Waals surface area (Å²) in [4.78, 5) is 8.44. The average molecular weight is 401 g/mol. The van der Waals surface area contributed by atoms with Crippen molar-refractivity contribution in [1.29, 1.82) is 0 Å². The zero-order valence-corrected chi connectivity index (χ0v) is 14.4. The van der Waals surface area contributed by atoms with Crippen LogP contribution in [0.3, 0.4) is 0 Å². The second-order valence-electron chi connectivity index (χ2n) is 4.29. The summed E-state index contributed by atoms with van der Waals surface area (Å²) in [5.74, 6) is 2.13. The van der Waals surface area contributed by atoms with Crippen molar-refractivity contribution in [2.24, 2.45) is 10.7 Å². The largest absolute Gasteiger partial charge is 0.497 e. The first-order valence-electron chi connectivity index (χ1n) is 6.38. The normalized spacial score (nSPS) is 10.9. The number of aliphatic imine (C=N–C) groups is 1. The Morgan fingerprint density at radius 1 is 1.48 bits per heavy atom. The van der Waals surface area contributed by atoms with Gasteiger partial charge >= 0.3 is 0 Å². The molecule has 0 atom stereocenters. The van der Waals surface area contributed by atoms with Crippen LogP contribution in [0.25, 0.3) is 0 Å². The number of ether oxygens (including phenoxy) is 1. The molecule has 3 N–H and O–H groups in total. The van der Waals surface area contributed by atoms with Crippen molar-refractivity contribution in [2.75, 3.05) is 19.0 Å². The second-order valence-corrected chi connectivity index (χ2v) is 4.29. The SMILES string of the molecule is COc1cccc(NC(N)=NCCn2ccnc2C)c1.I. The van der Waals surface area contributed by atoms with E-state index in [4.69, 9.17) is 10.5 Å². The van der Waals surface area contributed by atoms with Gasteiger partial charge in [0.2, 0.25) is 0 Å². The molecule has 1 heterocycles. The number of aromatic nitrogens is 2. The third-order valence-corrected chi connectivity index (χ3v) is 2.89. The number of nitrogens with zero attached hydrogens (tertiary/aromatic N) is 3. The third kappa shape index (κ3) is 5.25. The molecule has 0 saturated carbocycles. The molecule has 0 aliphatic rings. The minimum atomic E-state index is 0. The fraction of sp³-hybridized carbons (Fsp3) is 0.286. The molecular formula is C14H20IN5O. The van der Waals surface area contributed by atoms with Gasteiger partial charge in [-0.1, -0.05) is 6.07 Å². The van der Waals surface area contributed by atoms with E-state index in [0.29, 0.717) is 12.5 Å². The summed E-state index contributed by atoms with van der Waals surface area (Å²) < 4.78 is 7.18. The van der Waals surface area contributed by atoms with E-state index in [1.165, 1.54) is 0 Å². The lowest BCUT2D eigenvalue weighted by molar-refractivity contribution is 0.415. The smallest absolute Gasteiger partial charge is 0.193 e. The Bertz CT molecular complexity index is 597. The van der Waals surface area contributed by atoms with Crippen LogP contribution >= 0.6 is 24.0 Å². The Hall–Kier alpha value is -1.77. The van der Waals surface area contributed by atoms with E-state index in [9.17, 15) is 0 Å². The van der Waals surface area contributed by atoms with Crippen LogP contribution in [-0.4, -0.2) is 29.2 Å². The summed E-state index contributed by atoms with van der Waals surface area (Å²) in [6.45, 7) is 3.31. The Morgan fingerprint density at radius 3 is 2.95 bits per heavy atom. The van der Waals surface area contributed by atoms with Crippen LogP contribution in [0.15, 0.2) is 41.7 Å². The molecule has 0 aliphatic carbocycles. The molecule has 1 aromatic carbocycles. The molecule has 2 rings (SSSR count). The predicted molar refractivity (Wildman–Crippen MR) is 95.5 cm³/mol. The van der Waals surface area contributed by atoms with Crippen LogP contribution in [0.5, 0.6) is 5.75 Å². The maximum atomic E-state index is 5.85. The number of imidazole rings is 1. The van der Waals surface area contributed by atoms with Crippen molar-refractivity contribution in [3.8, 4) is 5.75 Å². The van der Waals surface area contributed by atoms with Gasteiger partial charge in [0.1, 0.15) is 11.6 Å². The highest BCUT2D eigenvalue weighted by atomic mass is 127. The number of aryl methyl sites for hydroxylation is 1. The van der Waals surface area contributed by atoms with Crippen LogP contribution in [0.2, 0.25) is 0 Å². The van der Waals surface area contributed by atoms with E-state index in [1.807, 2.05) is 42.0 Å². The number of rotatable bonds is 5. The van der Waals surface area contributed by atoms with Crippen molar-refractivity contribution in [1.82, 2.24) is 9.55 Å². The number of nitrogens with two attached hydrogens (primary N) is 1. The second kappa shape index (κ2) is 8.50. The van der Waals surface area contributed by atoms with Gasteiger partial charge < -0.3 is 20.4 Å². The lowest BCUT2D eigenvalue weighted by Gasteiger charge is -2.07. The third-order valence-electron chi connectivity index (χ3n) is 2.89. The number of methoxy groups -OCH3 is 1. The summed E-state index contributed by atoms with van der Waals surface area (Å²) in [6, 6.07) is 7.54. The number of hydrogen-bond acceptors (Lipinski definition) is 3. The van der Waals surface area contributed by atoms with E-state index in [1.54, 1.807) is 13.3 Å². The molecule has 1 aromatic heterocycles. The van der Waals surface area contributed by atoms with Crippen molar-refractivity contribution >= 4 is 35.6 Å². The van der Waals surface area contributed by atoms with E-state index >= 15 is 0 Å². The highest BCUT2D eigenvalue weighted by Gasteiger charge is 1.98. The molecule has 114 valence electrons. The zero-order valence-electron chi connectivity index (χ0n) is 12.1. The van der Waals surface area contributed by atoms with Crippen LogP contribution in [0, 0.1) is 6.92 Å². The standard InChI is InChI=1S/C14H19N5O.HI/c1-11-16-6-8-19(11)9-7-17-14(15)18-12-4-3-5-13(10-12)20-2;/h3-6,8,10H,7,9H2,1-2H3,(H3,15,17,18);1H. The highest BCUT2D eigenvalue weighted by molar-refractivity contribution is 14.0. The molecule has 7 heteroatoms. The molecule has 0 saturated heterocycles. The predicted octanol–water partition coefficient (Wildman–Crippen LogP) is 2.24. The number of benzene rings is 1. The fourth-order valence-corrected chi connectivity index (χ4v) is 1.81. The Morgan fingerprint density at radius 2 is 2.29 bits per heavy atom. The topological polar surface area (TPSA) is 77.5 Å². The maximum absolute atomic E-state index is 5.85. The molecule has 0 fully saturated rings. The Balaban J connectivity index is 0.00000220. The minimum Gasteiger partial charge on any atom is -0.497 e. The molecule has 0 amide bonds. The number of guanidine groups is 1. The van der Waals surface area contributed by atoms with Gasteiger partial charge in [0, 0.05) is 30.7 Å². The van der Waals surface area contributed by atoms with Gasteiger partial charge in [-0.2, -0.15) is 0 Å². The first-order chi connectivity index (χ1) is 9.69. The van der Waals surface area contributed by atoms with E-state index in [0.717, 1.165) is 23.8 Å². The molecular weight excluding hydrogens is 381 g/mol. The Kier molecular flexibility index (Phi) is 7.00. The fourth-order valence-electron chi connectivity index (χ4n) is 1.81. The van der Waals surface area contributed by atoms with Gasteiger partial charge in [0.25, 0.3) is 0 Å². The Labute approximate surface area is 141 Å². The quantitative estimate of drug-likeness (QED) is 0.458. The van der Waals surface area contributed by atoms with Gasteiger partial charge in [0.15, 0.2) is 5.96 Å². The van der Waals surface area contributed by atoms with Gasteiger partial charge in [-0.15, -0.1) is 24.0 Å². The summed E-state index contributed by atoms with van der Waals surface area (Å²) in [5.41, 5.74) is 6.70. The van der Waals surface area contributed by atoms with Gasteiger partial charge in [-0.3, -0.25) is 4.99 Å². The van der Waals surface area contributed by atoms with Crippen LogP contribution in [0.4, 0.5) is 5.69 Å². The zero-order chi connectivity index (χ0) is 14.4. The molecule has 2 aromatic rings. The van der Waals surface area contributed by atoms with Crippen LogP contribution in [-0.2, 0) is 6.54 Å². The van der Waals surface area contributed by atoms with Gasteiger partial charge in [0.05, 0.1) is 13.7 Å². The minimum absolute atomic E-state index is 0. The molecule has 0 aliphatic heterocycles. The van der Waals surface area contributed by atoms with Crippen LogP contribution in [0.1, 0.15) is 5.82 Å². The van der Waals surface area contributed by atoms with Crippen molar-refractivity contribution in [3.05, 3.63) is 42.5 Å². The van der Waals surface area contributed by atoms with Gasteiger partial charge in [-0.25, -0.2) is 4.98 Å². The number of nitrogens with one attached hydrogen (secondary N) is 1. The summed E-state index contributed by atoms with van der Waals surface area (Å²) in [5, 5.41) is 3.03. The number of anilines is 1. The van der Waals surface area contributed by atoms with Crippen molar-refractivity contribution in [3.63, 3.8) is 0 Å². The maximum Gasteiger partial charge on any atom is 0.193 e. The molecule has 0 bridgehead atoms. The number of hydrogen-bond donors (Lipinski definition) is 2. The van der Waals surface area contributed by atoms with Crippen molar-refractivity contribution < 1.29 is 4.74 Å². The molecule has 0 spiro atoms. The summed E-state index contributed by atoms with van der Waals surface area (Å²) in [6.07, 6.45) is 3.70. The first-order valence-corrected chi connectivity index (χ1v) is 6.38. The van der Waals surface area contributed by atoms with E-state index in [2.05, 4.69) is 15.3 Å². The molecule has 0 radical (unpaired) electrons. The highest BCUT2D eigenvalue weighted by Crippen LogP contribution is 2.16.